The van der Waals surface area contributed by atoms with Gasteiger partial charge in [-0.1, -0.05) is 19.9 Å². The fraction of sp³-hybridized carbons (Fsp3) is 0.500. The zero-order chi connectivity index (χ0) is 7.28. The third kappa shape index (κ3) is 5.03. The number of nitrogens with one attached hydrogen (secondary N) is 1. The summed E-state index contributed by atoms with van der Waals surface area (Å²) in [6, 6.07) is 0. The van der Waals surface area contributed by atoms with Crippen molar-refractivity contribution in [3.63, 3.8) is 0 Å². The van der Waals surface area contributed by atoms with Gasteiger partial charge in [0.2, 0.25) is 0 Å². The summed E-state index contributed by atoms with van der Waals surface area (Å²) < 4.78 is 0. The molecule has 0 saturated heterocycles. The Labute approximate surface area is 54.3 Å². The molecule has 0 atom stereocenters. The maximum absolute atomic E-state index is 10.3. The molecule has 0 radical (unpaired) electrons. The van der Waals surface area contributed by atoms with Gasteiger partial charge in [0.25, 0.3) is 5.91 Å². The molecule has 2 N–H and O–H groups in total. The fourth-order valence-corrected chi connectivity index (χ4v) is 0.317. The summed E-state index contributed by atoms with van der Waals surface area (Å²) in [5.41, 5.74) is 1.49. The lowest BCUT2D eigenvalue weighted by molar-refractivity contribution is -0.124. The fourth-order valence-electron chi connectivity index (χ4n) is 0.317. The molecule has 0 heterocycles. The first kappa shape index (κ1) is 8.17. The van der Waals surface area contributed by atoms with E-state index in [9.17, 15) is 4.79 Å². The van der Waals surface area contributed by atoms with E-state index in [1.54, 1.807) is 6.08 Å². The van der Waals surface area contributed by atoms with Crippen LogP contribution in [0.3, 0.4) is 0 Å². The number of hydrogen-bond acceptors (Lipinski definition) is 2. The van der Waals surface area contributed by atoms with Crippen LogP contribution in [0.25, 0.3) is 0 Å². The highest BCUT2D eigenvalue weighted by Crippen LogP contribution is 1.91. The van der Waals surface area contributed by atoms with Gasteiger partial charge in [-0.15, -0.1) is 0 Å². The summed E-state index contributed by atoms with van der Waals surface area (Å²) in [6.45, 7) is 3.89. The molecule has 52 valence electrons. The molecule has 0 aromatic heterocycles. The lowest BCUT2D eigenvalue weighted by Crippen LogP contribution is -2.15. The van der Waals surface area contributed by atoms with Crippen molar-refractivity contribution in [3.05, 3.63) is 12.2 Å². The zero-order valence-corrected chi connectivity index (χ0v) is 5.59. The first-order valence-electron chi connectivity index (χ1n) is 2.79. The van der Waals surface area contributed by atoms with E-state index in [0.29, 0.717) is 5.92 Å². The number of amides is 1. The first-order chi connectivity index (χ1) is 4.16. The van der Waals surface area contributed by atoms with Crippen molar-refractivity contribution >= 4 is 5.91 Å². The molecule has 3 heteroatoms. The summed E-state index contributed by atoms with van der Waals surface area (Å²) in [6.07, 6.45) is 3.00. The van der Waals surface area contributed by atoms with Gasteiger partial charge in [-0.05, 0) is 5.92 Å². The van der Waals surface area contributed by atoms with Gasteiger partial charge in [0, 0.05) is 6.08 Å². The van der Waals surface area contributed by atoms with Crippen LogP contribution in [-0.4, -0.2) is 11.1 Å². The SMILES string of the molecule is CC(C)C=CC(=O)NO. The second-order valence-corrected chi connectivity index (χ2v) is 2.08. The molecule has 0 bridgehead atoms. The van der Waals surface area contributed by atoms with Crippen molar-refractivity contribution in [1.29, 1.82) is 0 Å². The number of carbonyl (C=O) groups excluding carboxylic acids is 1. The van der Waals surface area contributed by atoms with Crippen molar-refractivity contribution in [2.45, 2.75) is 13.8 Å². The van der Waals surface area contributed by atoms with E-state index in [2.05, 4.69) is 0 Å². The smallest absolute Gasteiger partial charge is 0.267 e. The average Bonchev–Trinajstić information content (AvgIpc) is 1.83. The highest BCUT2D eigenvalue weighted by Gasteiger charge is 1.89. The van der Waals surface area contributed by atoms with Crippen LogP contribution < -0.4 is 5.48 Å². The summed E-state index contributed by atoms with van der Waals surface area (Å²) in [4.78, 5) is 10.3. The third-order valence-corrected chi connectivity index (χ3v) is 0.743. The van der Waals surface area contributed by atoms with Crippen molar-refractivity contribution < 1.29 is 10.0 Å². The molecule has 0 saturated carbocycles. The van der Waals surface area contributed by atoms with E-state index in [1.165, 1.54) is 11.6 Å². The molecular formula is C6H11NO2. The standard InChI is InChI=1S/C6H11NO2/c1-5(2)3-4-6(8)7-9/h3-5,9H,1-2H3,(H,7,8). The Morgan fingerprint density at radius 3 is 2.56 bits per heavy atom. The maximum atomic E-state index is 10.3. The molecule has 9 heavy (non-hydrogen) atoms. The predicted molar refractivity (Wildman–Crippen MR) is 33.9 cm³/mol. The van der Waals surface area contributed by atoms with Gasteiger partial charge >= 0.3 is 0 Å². The summed E-state index contributed by atoms with van der Waals surface area (Å²) in [7, 11) is 0. The minimum atomic E-state index is -0.483. The Balaban J connectivity index is 3.57. The van der Waals surface area contributed by atoms with Crippen LogP contribution in [0.5, 0.6) is 0 Å². The molecule has 0 spiro atoms. The Morgan fingerprint density at radius 2 is 2.22 bits per heavy atom. The van der Waals surface area contributed by atoms with E-state index in [4.69, 9.17) is 5.21 Å². The van der Waals surface area contributed by atoms with Crippen molar-refractivity contribution in [3.8, 4) is 0 Å². The van der Waals surface area contributed by atoms with Crippen molar-refractivity contribution in [1.82, 2.24) is 5.48 Å². The van der Waals surface area contributed by atoms with Crippen LogP contribution >= 0.6 is 0 Å². The van der Waals surface area contributed by atoms with E-state index in [1.807, 2.05) is 13.8 Å². The average molecular weight is 129 g/mol. The summed E-state index contributed by atoms with van der Waals surface area (Å²) in [5, 5.41) is 8.00. The molecule has 0 aromatic carbocycles. The van der Waals surface area contributed by atoms with E-state index in [0.717, 1.165) is 0 Å². The van der Waals surface area contributed by atoms with Gasteiger partial charge in [0.1, 0.15) is 0 Å². The van der Waals surface area contributed by atoms with Gasteiger partial charge in [-0.3, -0.25) is 10.0 Å². The van der Waals surface area contributed by atoms with Crippen molar-refractivity contribution in [2.75, 3.05) is 0 Å². The topological polar surface area (TPSA) is 49.3 Å². The molecule has 0 aromatic rings. The van der Waals surface area contributed by atoms with Crippen LogP contribution in [0.4, 0.5) is 0 Å². The zero-order valence-electron chi connectivity index (χ0n) is 5.59. The van der Waals surface area contributed by atoms with Gasteiger partial charge in [-0.25, -0.2) is 5.48 Å². The van der Waals surface area contributed by atoms with E-state index < -0.39 is 5.91 Å². The lowest BCUT2D eigenvalue weighted by Gasteiger charge is -1.91. The van der Waals surface area contributed by atoms with Gasteiger partial charge in [0.05, 0.1) is 0 Å². The molecule has 1 amide bonds. The largest absolute Gasteiger partial charge is 0.288 e. The number of hydrogen-bond donors (Lipinski definition) is 2. The Hall–Kier alpha value is -0.830. The highest BCUT2D eigenvalue weighted by molar-refractivity contribution is 5.86. The Morgan fingerprint density at radius 1 is 1.67 bits per heavy atom. The van der Waals surface area contributed by atoms with Gasteiger partial charge in [-0.2, -0.15) is 0 Å². The number of allylic oxidation sites excluding steroid dienone is 1. The first-order valence-corrected chi connectivity index (χ1v) is 2.79. The van der Waals surface area contributed by atoms with E-state index in [-0.39, 0.29) is 0 Å². The van der Waals surface area contributed by atoms with Gasteiger partial charge in [0.15, 0.2) is 0 Å². The molecular weight excluding hydrogens is 118 g/mol. The molecule has 0 aliphatic rings. The predicted octanol–water partition coefficient (Wildman–Crippen LogP) is 0.704. The van der Waals surface area contributed by atoms with Crippen LogP contribution in [0.15, 0.2) is 12.2 Å². The van der Waals surface area contributed by atoms with Crippen molar-refractivity contribution in [2.24, 2.45) is 5.92 Å². The number of carbonyl (C=O) groups is 1. The summed E-state index contributed by atoms with van der Waals surface area (Å²) in [5.74, 6) is -0.147. The molecule has 0 unspecified atom stereocenters. The van der Waals surface area contributed by atoms with Gasteiger partial charge < -0.3 is 0 Å². The highest BCUT2D eigenvalue weighted by atomic mass is 16.5. The third-order valence-electron chi connectivity index (χ3n) is 0.743. The minimum Gasteiger partial charge on any atom is -0.288 e. The maximum Gasteiger partial charge on any atom is 0.267 e. The van der Waals surface area contributed by atoms with E-state index >= 15 is 0 Å². The monoisotopic (exact) mass is 129 g/mol. The van der Waals surface area contributed by atoms with Crippen LogP contribution in [0, 0.1) is 5.92 Å². The van der Waals surface area contributed by atoms with Crippen LogP contribution in [-0.2, 0) is 4.79 Å². The molecule has 0 fully saturated rings. The Bertz CT molecular complexity index is 118. The second kappa shape index (κ2) is 4.09. The Kier molecular flexibility index (Phi) is 3.71. The summed E-state index contributed by atoms with van der Waals surface area (Å²) >= 11 is 0. The molecule has 0 aliphatic carbocycles. The lowest BCUT2D eigenvalue weighted by atomic mass is 10.2. The minimum absolute atomic E-state index is 0.335. The van der Waals surface area contributed by atoms with Crippen LogP contribution in [0.1, 0.15) is 13.8 Å². The molecule has 3 nitrogen and oxygen atoms in total. The number of hydroxylamine groups is 1. The number of rotatable bonds is 2. The van der Waals surface area contributed by atoms with Crippen LogP contribution in [0.2, 0.25) is 0 Å². The molecule has 0 rings (SSSR count). The molecule has 0 aliphatic heterocycles. The normalized spacial score (nSPS) is 10.7. The second-order valence-electron chi connectivity index (χ2n) is 2.08. The quantitative estimate of drug-likeness (QED) is 0.327.